The molecule has 0 amide bonds. The Morgan fingerprint density at radius 3 is 1.45 bits per heavy atom. The second-order valence-electron chi connectivity index (χ2n) is 0.692. The summed E-state index contributed by atoms with van der Waals surface area (Å²) in [5.41, 5.74) is 0. The minimum Gasteiger partial charge on any atom is -0.202 e. The summed E-state index contributed by atoms with van der Waals surface area (Å²) in [6.07, 6.45) is 0. The SMILES string of the molecule is CC.O=[P+](OO)O[P+](=O)OO. The Kier molecular flexibility index (Phi) is 12.3. The molecule has 0 aromatic heterocycles. The molecule has 0 spiro atoms. The van der Waals surface area contributed by atoms with E-state index in [2.05, 4.69) is 13.7 Å². The van der Waals surface area contributed by atoms with Crippen LogP contribution in [0.1, 0.15) is 13.8 Å². The highest BCUT2D eigenvalue weighted by Gasteiger charge is 2.40. The van der Waals surface area contributed by atoms with E-state index in [1.54, 1.807) is 0 Å². The predicted octanol–water partition coefficient (Wildman–Crippen LogP) is 2.32. The minimum atomic E-state index is -2.89. The van der Waals surface area contributed by atoms with Gasteiger partial charge in [-0.1, -0.05) is 13.8 Å². The first kappa shape index (κ1) is 13.6. The smallest absolute Gasteiger partial charge is 0.202 e. The second kappa shape index (κ2) is 10.0. The van der Waals surface area contributed by atoms with Gasteiger partial charge in [0.2, 0.25) is 0 Å². The maximum absolute atomic E-state index is 9.86. The summed E-state index contributed by atoms with van der Waals surface area (Å²) >= 11 is 0. The molecule has 0 bridgehead atoms. The fraction of sp³-hybridized carbons (Fsp3) is 1.00. The second-order valence-corrected chi connectivity index (χ2v) is 2.57. The molecule has 0 saturated heterocycles. The van der Waals surface area contributed by atoms with E-state index in [0.29, 0.717) is 0 Å². The Morgan fingerprint density at radius 2 is 1.27 bits per heavy atom. The van der Waals surface area contributed by atoms with Crippen LogP contribution in [0, 0.1) is 0 Å². The fourth-order valence-corrected chi connectivity index (χ4v) is 0.758. The van der Waals surface area contributed by atoms with Gasteiger partial charge in [-0.2, -0.15) is 0 Å². The van der Waals surface area contributed by atoms with Crippen LogP contribution in [0.3, 0.4) is 0 Å². The van der Waals surface area contributed by atoms with Crippen LogP contribution in [-0.4, -0.2) is 10.5 Å². The van der Waals surface area contributed by atoms with Crippen molar-refractivity contribution in [2.75, 3.05) is 0 Å². The molecule has 9 heteroatoms. The van der Waals surface area contributed by atoms with Crippen molar-refractivity contribution >= 4 is 16.5 Å². The van der Waals surface area contributed by atoms with Gasteiger partial charge in [0.1, 0.15) is 0 Å². The topological polar surface area (TPSA) is 102 Å². The molecule has 0 aliphatic heterocycles. The largest absolute Gasteiger partial charge is 0.778 e. The predicted molar refractivity (Wildman–Crippen MR) is 35.1 cm³/mol. The fourth-order valence-electron chi connectivity index (χ4n) is 0.0842. The Hall–Kier alpha value is -0.0000000000000000416. The number of hydrogen-bond acceptors (Lipinski definition) is 7. The van der Waals surface area contributed by atoms with Crippen LogP contribution in [0.2, 0.25) is 0 Å². The van der Waals surface area contributed by atoms with Crippen molar-refractivity contribution in [2.24, 2.45) is 0 Å². The van der Waals surface area contributed by atoms with Crippen LogP contribution in [0.5, 0.6) is 0 Å². The highest BCUT2D eigenvalue weighted by Crippen LogP contribution is 2.37. The van der Waals surface area contributed by atoms with Gasteiger partial charge in [-0.3, -0.25) is 0 Å². The van der Waals surface area contributed by atoms with E-state index in [1.807, 2.05) is 13.8 Å². The quantitative estimate of drug-likeness (QED) is 0.413. The van der Waals surface area contributed by atoms with Crippen LogP contribution in [0.4, 0.5) is 0 Å². The maximum Gasteiger partial charge on any atom is 0.778 e. The van der Waals surface area contributed by atoms with Gasteiger partial charge in [-0.15, -0.1) is 0 Å². The maximum atomic E-state index is 9.86. The van der Waals surface area contributed by atoms with E-state index in [4.69, 9.17) is 10.5 Å². The molecule has 7 nitrogen and oxygen atoms in total. The molecular formula is C2H8O7P2+2. The zero-order chi connectivity index (χ0) is 9.28. The Morgan fingerprint density at radius 1 is 1.00 bits per heavy atom. The van der Waals surface area contributed by atoms with Crippen LogP contribution >= 0.6 is 16.5 Å². The van der Waals surface area contributed by atoms with Crippen LogP contribution in [0.25, 0.3) is 0 Å². The third-order valence-electron chi connectivity index (χ3n) is 0.267. The van der Waals surface area contributed by atoms with Gasteiger partial charge in [-0.05, 0) is 0 Å². The zero-order valence-corrected chi connectivity index (χ0v) is 7.62. The van der Waals surface area contributed by atoms with Gasteiger partial charge in [0.05, 0.1) is 9.35 Å². The molecule has 66 valence electrons. The highest BCUT2D eigenvalue weighted by molar-refractivity contribution is 7.47. The van der Waals surface area contributed by atoms with Crippen LogP contribution < -0.4 is 0 Å². The van der Waals surface area contributed by atoms with Crippen molar-refractivity contribution in [3.8, 4) is 0 Å². The summed E-state index contributed by atoms with van der Waals surface area (Å²) in [4.78, 5) is 0. The first-order valence-corrected chi connectivity index (χ1v) is 4.65. The van der Waals surface area contributed by atoms with Crippen LogP contribution in [-0.2, 0) is 22.8 Å². The van der Waals surface area contributed by atoms with Gasteiger partial charge in [0.15, 0.2) is 4.31 Å². The summed E-state index contributed by atoms with van der Waals surface area (Å²) in [6.45, 7) is 4.00. The van der Waals surface area contributed by atoms with Gasteiger partial charge in [0.25, 0.3) is 0 Å². The third kappa shape index (κ3) is 10.0. The molecule has 2 N–H and O–H groups in total. The van der Waals surface area contributed by atoms with E-state index < -0.39 is 16.5 Å². The monoisotopic (exact) mass is 206 g/mol. The molecule has 2 unspecified atom stereocenters. The lowest BCUT2D eigenvalue weighted by molar-refractivity contribution is -0.149. The summed E-state index contributed by atoms with van der Waals surface area (Å²) in [5.74, 6) is 0. The lowest BCUT2D eigenvalue weighted by atomic mass is 11.0. The molecule has 0 aliphatic rings. The molecule has 0 aromatic carbocycles. The summed E-state index contributed by atoms with van der Waals surface area (Å²) in [6, 6.07) is 0. The van der Waals surface area contributed by atoms with E-state index in [-0.39, 0.29) is 0 Å². The van der Waals surface area contributed by atoms with Gasteiger partial charge >= 0.3 is 16.5 Å². The van der Waals surface area contributed by atoms with E-state index in [0.717, 1.165) is 0 Å². The molecule has 0 aliphatic carbocycles. The van der Waals surface area contributed by atoms with Crippen molar-refractivity contribution in [3.63, 3.8) is 0 Å². The van der Waals surface area contributed by atoms with E-state index in [9.17, 15) is 9.13 Å². The Labute approximate surface area is 64.7 Å². The molecule has 0 saturated carbocycles. The van der Waals surface area contributed by atoms with Crippen LogP contribution in [0.15, 0.2) is 0 Å². The van der Waals surface area contributed by atoms with E-state index >= 15 is 0 Å². The molecule has 11 heavy (non-hydrogen) atoms. The molecular weight excluding hydrogens is 198 g/mol. The molecule has 0 fully saturated rings. The van der Waals surface area contributed by atoms with Crippen molar-refractivity contribution in [1.82, 2.24) is 0 Å². The minimum absolute atomic E-state index is 2.00. The highest BCUT2D eigenvalue weighted by atomic mass is 31.2. The van der Waals surface area contributed by atoms with Gasteiger partial charge in [0, 0.05) is 9.13 Å². The first-order valence-electron chi connectivity index (χ1n) is 2.46. The van der Waals surface area contributed by atoms with Crippen molar-refractivity contribution < 1.29 is 33.3 Å². The molecule has 2 atom stereocenters. The summed E-state index contributed by atoms with van der Waals surface area (Å²) in [5, 5.41) is 15.0. The lowest BCUT2D eigenvalue weighted by Gasteiger charge is -1.63. The Bertz CT molecular complexity index is 110. The Balaban J connectivity index is 0. The molecule has 0 radical (unpaired) electrons. The first-order chi connectivity index (χ1) is 5.20. The number of rotatable bonds is 4. The van der Waals surface area contributed by atoms with Crippen molar-refractivity contribution in [3.05, 3.63) is 0 Å². The molecule has 0 aromatic rings. The lowest BCUT2D eigenvalue weighted by Crippen LogP contribution is -1.72. The average molecular weight is 206 g/mol. The standard InChI is InChI=1S/C2H6.O7P2/c1-2;1-5-8(3)7-9(4)6-2/h1-2H3;/p+2. The number of hydrogen-bond donors (Lipinski definition) is 2. The average Bonchev–Trinajstić information content (AvgIpc) is 2.07. The third-order valence-corrected chi connectivity index (χ3v) is 1.60. The van der Waals surface area contributed by atoms with Crippen molar-refractivity contribution in [1.29, 1.82) is 0 Å². The summed E-state index contributed by atoms with van der Waals surface area (Å²) < 4.78 is 29.4. The van der Waals surface area contributed by atoms with Gasteiger partial charge in [-0.25, -0.2) is 10.5 Å². The normalized spacial score (nSPS) is 11.3. The molecule has 0 heterocycles. The molecule has 0 rings (SSSR count). The van der Waals surface area contributed by atoms with E-state index in [1.165, 1.54) is 0 Å². The van der Waals surface area contributed by atoms with Gasteiger partial charge < -0.3 is 0 Å². The van der Waals surface area contributed by atoms with Crippen molar-refractivity contribution in [2.45, 2.75) is 13.8 Å². The zero-order valence-electron chi connectivity index (χ0n) is 5.83. The summed E-state index contributed by atoms with van der Waals surface area (Å²) in [7, 11) is -5.77.